The summed E-state index contributed by atoms with van der Waals surface area (Å²) >= 11 is 0. The van der Waals surface area contributed by atoms with Crippen LogP contribution in [0.4, 0.5) is 11.4 Å². The van der Waals surface area contributed by atoms with E-state index in [-0.39, 0.29) is 5.41 Å². The maximum atomic E-state index is 4.61. The average molecular weight is 276 g/mol. The van der Waals surface area contributed by atoms with E-state index in [4.69, 9.17) is 0 Å². The zero-order valence-electron chi connectivity index (χ0n) is 12.7. The van der Waals surface area contributed by atoms with Crippen LogP contribution in [0.25, 0.3) is 10.9 Å². The molecule has 0 atom stereocenters. The van der Waals surface area contributed by atoms with Crippen LogP contribution in [0.15, 0.2) is 60.8 Å². The van der Waals surface area contributed by atoms with Crippen molar-refractivity contribution in [3.05, 3.63) is 66.4 Å². The number of hydrogen-bond donors (Lipinski definition) is 1. The highest BCUT2D eigenvalue weighted by molar-refractivity contribution is 5.95. The van der Waals surface area contributed by atoms with Crippen LogP contribution in [0.3, 0.4) is 0 Å². The first-order valence-corrected chi connectivity index (χ1v) is 7.26. The highest BCUT2D eigenvalue weighted by Gasteiger charge is 2.18. The second kappa shape index (κ2) is 5.21. The van der Waals surface area contributed by atoms with Crippen LogP contribution in [0.5, 0.6) is 0 Å². The fourth-order valence-electron chi connectivity index (χ4n) is 2.57. The van der Waals surface area contributed by atoms with Crippen molar-refractivity contribution in [1.29, 1.82) is 0 Å². The highest BCUT2D eigenvalue weighted by Crippen LogP contribution is 2.32. The van der Waals surface area contributed by atoms with Crippen molar-refractivity contribution in [2.45, 2.75) is 26.2 Å². The van der Waals surface area contributed by atoms with E-state index in [0.29, 0.717) is 0 Å². The molecule has 1 N–H and O–H groups in total. The smallest absolute Gasteiger partial charge is 0.0760 e. The maximum Gasteiger partial charge on any atom is 0.0760 e. The summed E-state index contributed by atoms with van der Waals surface area (Å²) in [5.41, 5.74) is 4.61. The van der Waals surface area contributed by atoms with Crippen molar-refractivity contribution in [3.8, 4) is 0 Å². The number of rotatable bonds is 2. The van der Waals surface area contributed by atoms with Gasteiger partial charge >= 0.3 is 0 Å². The lowest BCUT2D eigenvalue weighted by atomic mass is 9.85. The molecule has 0 aliphatic heterocycles. The van der Waals surface area contributed by atoms with Crippen LogP contribution >= 0.6 is 0 Å². The number of para-hydroxylation sites is 2. The van der Waals surface area contributed by atoms with Gasteiger partial charge in [-0.1, -0.05) is 57.2 Å². The molecular formula is C19H20N2. The first kappa shape index (κ1) is 13.6. The third kappa shape index (κ3) is 2.75. The Morgan fingerprint density at radius 1 is 0.857 bits per heavy atom. The molecule has 1 heterocycles. The average Bonchev–Trinajstić information content (AvgIpc) is 2.47. The number of nitrogens with one attached hydrogen (secondary N) is 1. The Labute approximate surface area is 125 Å². The van der Waals surface area contributed by atoms with E-state index in [1.54, 1.807) is 0 Å². The van der Waals surface area contributed by atoms with Gasteiger partial charge in [-0.15, -0.1) is 0 Å². The van der Waals surface area contributed by atoms with Crippen LogP contribution in [0, 0.1) is 0 Å². The zero-order valence-corrected chi connectivity index (χ0v) is 12.7. The Morgan fingerprint density at radius 2 is 1.62 bits per heavy atom. The predicted octanol–water partition coefficient (Wildman–Crippen LogP) is 5.28. The summed E-state index contributed by atoms with van der Waals surface area (Å²) in [6.45, 7) is 6.67. The Hall–Kier alpha value is -2.35. The second-order valence-corrected chi connectivity index (χ2v) is 6.30. The predicted molar refractivity (Wildman–Crippen MR) is 90.2 cm³/mol. The van der Waals surface area contributed by atoms with Gasteiger partial charge in [0.2, 0.25) is 0 Å². The fourth-order valence-corrected chi connectivity index (χ4v) is 2.57. The molecule has 2 heteroatoms. The third-order valence-corrected chi connectivity index (χ3v) is 3.63. The Bertz CT molecular complexity index is 755. The number of pyridine rings is 1. The largest absolute Gasteiger partial charge is 0.355 e. The van der Waals surface area contributed by atoms with E-state index in [2.05, 4.69) is 61.4 Å². The minimum Gasteiger partial charge on any atom is -0.355 e. The van der Waals surface area contributed by atoms with Gasteiger partial charge in [0.05, 0.1) is 5.52 Å². The summed E-state index contributed by atoms with van der Waals surface area (Å²) in [5.74, 6) is 0. The highest BCUT2D eigenvalue weighted by atomic mass is 14.9. The molecule has 21 heavy (non-hydrogen) atoms. The van der Waals surface area contributed by atoms with Gasteiger partial charge in [0.15, 0.2) is 0 Å². The van der Waals surface area contributed by atoms with E-state index < -0.39 is 0 Å². The van der Waals surface area contributed by atoms with Gasteiger partial charge in [0, 0.05) is 23.0 Å². The molecule has 1 aromatic heterocycles. The van der Waals surface area contributed by atoms with Crippen LogP contribution in [-0.2, 0) is 5.41 Å². The summed E-state index contributed by atoms with van der Waals surface area (Å²) < 4.78 is 0. The summed E-state index contributed by atoms with van der Waals surface area (Å²) in [5, 5.41) is 4.65. The van der Waals surface area contributed by atoms with Gasteiger partial charge in [-0.3, -0.25) is 4.98 Å². The van der Waals surface area contributed by atoms with Crippen molar-refractivity contribution < 1.29 is 0 Å². The summed E-state index contributed by atoms with van der Waals surface area (Å²) in [6.07, 6.45) is 1.88. The minimum absolute atomic E-state index is 0.0812. The van der Waals surface area contributed by atoms with Gasteiger partial charge < -0.3 is 5.32 Å². The van der Waals surface area contributed by atoms with Crippen LogP contribution in [0.1, 0.15) is 26.3 Å². The molecule has 106 valence electrons. The number of fused-ring (bicyclic) bond motifs is 1. The minimum atomic E-state index is 0.0812. The normalized spacial score (nSPS) is 11.6. The molecule has 0 aliphatic carbocycles. The molecule has 0 unspecified atom stereocenters. The molecule has 0 radical (unpaired) electrons. The van der Waals surface area contributed by atoms with Crippen LogP contribution in [-0.4, -0.2) is 4.98 Å². The van der Waals surface area contributed by atoms with Gasteiger partial charge in [-0.25, -0.2) is 0 Å². The van der Waals surface area contributed by atoms with E-state index >= 15 is 0 Å². The number of aromatic nitrogens is 1. The lowest BCUT2D eigenvalue weighted by Crippen LogP contribution is -2.12. The summed E-state index contributed by atoms with van der Waals surface area (Å²) in [4.78, 5) is 4.61. The van der Waals surface area contributed by atoms with E-state index in [1.807, 2.05) is 30.5 Å². The quantitative estimate of drug-likeness (QED) is 0.689. The summed E-state index contributed by atoms with van der Waals surface area (Å²) in [6, 6.07) is 18.7. The van der Waals surface area contributed by atoms with E-state index in [9.17, 15) is 0 Å². The Morgan fingerprint density at radius 3 is 2.33 bits per heavy atom. The molecule has 3 aromatic rings. The first-order chi connectivity index (χ1) is 10.1. The van der Waals surface area contributed by atoms with Crippen molar-refractivity contribution >= 4 is 22.3 Å². The van der Waals surface area contributed by atoms with Gasteiger partial charge in [-0.05, 0) is 29.2 Å². The standard InChI is InChI=1S/C19H20N2/c1-19(2,3)16-11-7-10-15-17(12-13-20-18(15)16)21-14-8-5-4-6-9-14/h4-13H,1-3H3,(H,20,21). The first-order valence-electron chi connectivity index (χ1n) is 7.26. The molecule has 0 amide bonds. The number of anilines is 2. The molecule has 0 fully saturated rings. The maximum absolute atomic E-state index is 4.61. The van der Waals surface area contributed by atoms with Gasteiger partial charge in [0.25, 0.3) is 0 Å². The zero-order chi connectivity index (χ0) is 14.9. The lowest BCUT2D eigenvalue weighted by molar-refractivity contribution is 0.594. The molecule has 0 spiro atoms. The third-order valence-electron chi connectivity index (χ3n) is 3.63. The topological polar surface area (TPSA) is 24.9 Å². The van der Waals surface area contributed by atoms with E-state index in [0.717, 1.165) is 22.3 Å². The Balaban J connectivity index is 2.13. The van der Waals surface area contributed by atoms with Crippen molar-refractivity contribution in [3.63, 3.8) is 0 Å². The summed E-state index contributed by atoms with van der Waals surface area (Å²) in [7, 11) is 0. The molecule has 0 bridgehead atoms. The van der Waals surface area contributed by atoms with Crippen molar-refractivity contribution in [2.75, 3.05) is 5.32 Å². The molecule has 3 rings (SSSR count). The Kier molecular flexibility index (Phi) is 3.38. The van der Waals surface area contributed by atoms with Crippen molar-refractivity contribution in [1.82, 2.24) is 4.98 Å². The molecule has 0 saturated carbocycles. The monoisotopic (exact) mass is 276 g/mol. The van der Waals surface area contributed by atoms with Gasteiger partial charge in [0.1, 0.15) is 0 Å². The van der Waals surface area contributed by atoms with Crippen LogP contribution < -0.4 is 5.32 Å². The molecule has 2 aromatic carbocycles. The van der Waals surface area contributed by atoms with Crippen molar-refractivity contribution in [2.24, 2.45) is 0 Å². The van der Waals surface area contributed by atoms with E-state index in [1.165, 1.54) is 5.56 Å². The number of benzene rings is 2. The molecule has 0 saturated heterocycles. The lowest BCUT2D eigenvalue weighted by Gasteiger charge is -2.21. The number of nitrogens with zero attached hydrogens (tertiary/aromatic N) is 1. The second-order valence-electron chi connectivity index (χ2n) is 6.30. The fraction of sp³-hybridized carbons (Fsp3) is 0.211. The molecule has 0 aliphatic rings. The number of hydrogen-bond acceptors (Lipinski definition) is 2. The van der Waals surface area contributed by atoms with Crippen LogP contribution in [0.2, 0.25) is 0 Å². The van der Waals surface area contributed by atoms with Gasteiger partial charge in [-0.2, -0.15) is 0 Å². The molecular weight excluding hydrogens is 256 g/mol. The molecule has 2 nitrogen and oxygen atoms in total. The SMILES string of the molecule is CC(C)(C)c1cccc2c(Nc3ccccc3)ccnc12.